The van der Waals surface area contributed by atoms with Gasteiger partial charge in [0.25, 0.3) is 10.0 Å². The summed E-state index contributed by atoms with van der Waals surface area (Å²) in [5.74, 6) is 0.730. The van der Waals surface area contributed by atoms with Gasteiger partial charge in [0.1, 0.15) is 5.75 Å². The Morgan fingerprint density at radius 1 is 1.11 bits per heavy atom. The van der Waals surface area contributed by atoms with E-state index >= 15 is 0 Å². The highest BCUT2D eigenvalue weighted by Crippen LogP contribution is 2.23. The molecule has 0 unspecified atom stereocenters. The van der Waals surface area contributed by atoms with Crippen LogP contribution in [0.25, 0.3) is 0 Å². The number of nitrogens with one attached hydrogen (secondary N) is 1. The van der Waals surface area contributed by atoms with Gasteiger partial charge in [-0.3, -0.25) is 9.52 Å². The van der Waals surface area contributed by atoms with E-state index in [9.17, 15) is 13.2 Å². The molecule has 1 amide bonds. The number of carbonyl (C=O) groups excluding carboxylic acids is 1. The molecule has 1 saturated heterocycles. The fourth-order valence-electron chi connectivity index (χ4n) is 3.20. The number of carbonyl (C=O) groups is 1. The maximum atomic E-state index is 12.6. The molecule has 7 heteroatoms. The van der Waals surface area contributed by atoms with E-state index in [-0.39, 0.29) is 10.8 Å². The van der Waals surface area contributed by atoms with Gasteiger partial charge in [-0.25, -0.2) is 8.42 Å². The second kappa shape index (κ2) is 8.00. The van der Waals surface area contributed by atoms with Gasteiger partial charge in [0, 0.05) is 18.8 Å². The van der Waals surface area contributed by atoms with E-state index in [0.29, 0.717) is 23.4 Å². The molecule has 144 valence electrons. The van der Waals surface area contributed by atoms with Crippen LogP contribution in [0.4, 0.5) is 5.69 Å². The predicted molar refractivity (Wildman–Crippen MR) is 104 cm³/mol. The monoisotopic (exact) mass is 388 g/mol. The third-order valence-electron chi connectivity index (χ3n) is 4.69. The van der Waals surface area contributed by atoms with Crippen molar-refractivity contribution in [1.29, 1.82) is 0 Å². The summed E-state index contributed by atoms with van der Waals surface area (Å²) in [6.07, 6.45) is 2.47. The van der Waals surface area contributed by atoms with Crippen LogP contribution in [0, 0.1) is 6.92 Å². The first kappa shape index (κ1) is 19.2. The van der Waals surface area contributed by atoms with Crippen LogP contribution in [0.1, 0.15) is 24.0 Å². The first-order chi connectivity index (χ1) is 12.9. The first-order valence-corrected chi connectivity index (χ1v) is 10.4. The Morgan fingerprint density at radius 2 is 1.78 bits per heavy atom. The molecule has 6 nitrogen and oxygen atoms in total. The lowest BCUT2D eigenvalue weighted by atomic mass is 10.1. The Morgan fingerprint density at radius 3 is 2.37 bits per heavy atom. The predicted octanol–water partition coefficient (Wildman–Crippen LogP) is 2.97. The van der Waals surface area contributed by atoms with E-state index in [2.05, 4.69) is 4.72 Å². The summed E-state index contributed by atoms with van der Waals surface area (Å²) in [6, 6.07) is 11.8. The number of aryl methyl sites for hydroxylation is 1. The van der Waals surface area contributed by atoms with Gasteiger partial charge in [-0.2, -0.15) is 0 Å². The quantitative estimate of drug-likeness (QED) is 0.825. The highest BCUT2D eigenvalue weighted by Gasteiger charge is 2.19. The molecule has 1 N–H and O–H groups in total. The van der Waals surface area contributed by atoms with Crippen molar-refractivity contribution in [2.75, 3.05) is 24.9 Å². The van der Waals surface area contributed by atoms with Gasteiger partial charge in [0.15, 0.2) is 0 Å². The zero-order chi connectivity index (χ0) is 19.4. The van der Waals surface area contributed by atoms with Gasteiger partial charge in [0.05, 0.1) is 18.4 Å². The zero-order valence-electron chi connectivity index (χ0n) is 15.6. The number of rotatable bonds is 6. The number of hydrogen-bond acceptors (Lipinski definition) is 4. The highest BCUT2D eigenvalue weighted by atomic mass is 32.2. The number of ether oxygens (including phenoxy) is 1. The molecule has 3 rings (SSSR count). The van der Waals surface area contributed by atoms with Crippen molar-refractivity contribution < 1.29 is 17.9 Å². The van der Waals surface area contributed by atoms with Crippen molar-refractivity contribution in [1.82, 2.24) is 4.90 Å². The van der Waals surface area contributed by atoms with Gasteiger partial charge < -0.3 is 9.64 Å². The minimum absolute atomic E-state index is 0.120. The molecule has 1 heterocycles. The van der Waals surface area contributed by atoms with Crippen LogP contribution in [0.3, 0.4) is 0 Å². The average molecular weight is 388 g/mol. The number of methoxy groups -OCH3 is 1. The summed E-state index contributed by atoms with van der Waals surface area (Å²) in [5.41, 5.74) is 1.94. The van der Waals surface area contributed by atoms with Gasteiger partial charge in [0.2, 0.25) is 5.91 Å². The van der Waals surface area contributed by atoms with Crippen LogP contribution < -0.4 is 9.46 Å². The topological polar surface area (TPSA) is 75.7 Å². The molecule has 0 aliphatic carbocycles. The van der Waals surface area contributed by atoms with Gasteiger partial charge in [-0.1, -0.05) is 12.1 Å². The van der Waals surface area contributed by atoms with Crippen molar-refractivity contribution in [2.24, 2.45) is 0 Å². The molecule has 2 aromatic rings. The summed E-state index contributed by atoms with van der Waals surface area (Å²) >= 11 is 0. The fraction of sp³-hybridized carbons (Fsp3) is 0.350. The number of sulfonamides is 1. The summed E-state index contributed by atoms with van der Waals surface area (Å²) < 4.78 is 33.0. The largest absolute Gasteiger partial charge is 0.497 e. The molecule has 27 heavy (non-hydrogen) atoms. The standard InChI is InChI=1S/C20H24N2O4S/c1-15-13-18(26-2)9-10-19(15)27(24,25)21-17-7-5-16(6-8-17)14-20(23)22-11-3-4-12-22/h5-10,13,21H,3-4,11-12,14H2,1-2H3. The third kappa shape index (κ3) is 4.60. The maximum Gasteiger partial charge on any atom is 0.262 e. The van der Waals surface area contributed by atoms with E-state index in [1.54, 1.807) is 43.3 Å². The molecule has 0 aromatic heterocycles. The smallest absolute Gasteiger partial charge is 0.262 e. The number of amides is 1. The molecular weight excluding hydrogens is 364 g/mol. The Labute approximate surface area is 160 Å². The zero-order valence-corrected chi connectivity index (χ0v) is 16.4. The van der Waals surface area contributed by atoms with Gasteiger partial charge in [-0.15, -0.1) is 0 Å². The average Bonchev–Trinajstić information content (AvgIpc) is 3.17. The molecule has 0 radical (unpaired) electrons. The van der Waals surface area contributed by atoms with Crippen LogP contribution in [0.2, 0.25) is 0 Å². The van der Waals surface area contributed by atoms with Crippen LogP contribution in [-0.4, -0.2) is 39.4 Å². The minimum Gasteiger partial charge on any atom is -0.497 e. The summed E-state index contributed by atoms with van der Waals surface area (Å²) in [7, 11) is -2.16. The summed E-state index contributed by atoms with van der Waals surface area (Å²) in [6.45, 7) is 3.39. The van der Waals surface area contributed by atoms with E-state index in [1.165, 1.54) is 13.2 Å². The number of hydrogen-bond donors (Lipinski definition) is 1. The molecule has 0 saturated carbocycles. The van der Waals surface area contributed by atoms with E-state index in [0.717, 1.165) is 31.5 Å². The Kier molecular flexibility index (Phi) is 5.70. The van der Waals surface area contributed by atoms with Crippen LogP contribution in [0.15, 0.2) is 47.4 Å². The minimum atomic E-state index is -3.70. The molecule has 1 aliphatic rings. The lowest BCUT2D eigenvalue weighted by molar-refractivity contribution is -0.129. The first-order valence-electron chi connectivity index (χ1n) is 8.93. The molecule has 0 spiro atoms. The van der Waals surface area contributed by atoms with Crippen molar-refractivity contribution in [3.8, 4) is 5.75 Å². The summed E-state index contributed by atoms with van der Waals surface area (Å²) in [4.78, 5) is 14.3. The van der Waals surface area contributed by atoms with E-state index < -0.39 is 10.0 Å². The number of anilines is 1. The Bertz CT molecular complexity index is 917. The molecule has 1 aliphatic heterocycles. The third-order valence-corrected chi connectivity index (χ3v) is 6.23. The molecular formula is C20H24N2O4S. The molecule has 2 aromatic carbocycles. The maximum absolute atomic E-state index is 12.6. The second-order valence-corrected chi connectivity index (χ2v) is 8.35. The normalized spacial score (nSPS) is 14.2. The van der Waals surface area contributed by atoms with Crippen molar-refractivity contribution in [3.05, 3.63) is 53.6 Å². The number of benzene rings is 2. The lowest BCUT2D eigenvalue weighted by Gasteiger charge is -2.15. The number of likely N-dealkylation sites (tertiary alicyclic amines) is 1. The second-order valence-electron chi connectivity index (χ2n) is 6.70. The van der Waals surface area contributed by atoms with Crippen molar-refractivity contribution in [3.63, 3.8) is 0 Å². The van der Waals surface area contributed by atoms with Crippen molar-refractivity contribution >= 4 is 21.6 Å². The molecule has 0 bridgehead atoms. The molecule has 1 fully saturated rings. The Balaban J connectivity index is 1.69. The highest BCUT2D eigenvalue weighted by molar-refractivity contribution is 7.92. The van der Waals surface area contributed by atoms with Crippen LogP contribution in [0.5, 0.6) is 5.75 Å². The van der Waals surface area contributed by atoms with Crippen LogP contribution in [-0.2, 0) is 21.2 Å². The molecule has 0 atom stereocenters. The Hall–Kier alpha value is -2.54. The SMILES string of the molecule is COc1ccc(S(=O)(=O)Nc2ccc(CC(=O)N3CCCC3)cc2)c(C)c1. The summed E-state index contributed by atoms with van der Waals surface area (Å²) in [5, 5.41) is 0. The van der Waals surface area contributed by atoms with Gasteiger partial charge in [-0.05, 0) is 61.2 Å². The van der Waals surface area contributed by atoms with Crippen molar-refractivity contribution in [2.45, 2.75) is 31.1 Å². The van der Waals surface area contributed by atoms with Crippen LogP contribution >= 0.6 is 0 Å². The van der Waals surface area contributed by atoms with E-state index in [1.807, 2.05) is 4.90 Å². The fourth-order valence-corrected chi connectivity index (χ4v) is 4.49. The van der Waals surface area contributed by atoms with E-state index in [4.69, 9.17) is 4.74 Å². The lowest BCUT2D eigenvalue weighted by Crippen LogP contribution is -2.29. The number of nitrogens with zero attached hydrogens (tertiary/aromatic N) is 1. The van der Waals surface area contributed by atoms with Gasteiger partial charge >= 0.3 is 0 Å².